The van der Waals surface area contributed by atoms with Gasteiger partial charge < -0.3 is 4.90 Å². The minimum Gasteiger partial charge on any atom is -0.369 e. The van der Waals surface area contributed by atoms with E-state index in [2.05, 4.69) is 41.8 Å². The molecule has 2 rings (SSSR count). The molecule has 0 radical (unpaired) electrons. The fourth-order valence-corrected chi connectivity index (χ4v) is 2.47. The Balaban J connectivity index is 2.06. The quantitative estimate of drug-likeness (QED) is 0.799. The summed E-state index contributed by atoms with van der Waals surface area (Å²) in [6, 6.07) is 8.98. The van der Waals surface area contributed by atoms with Gasteiger partial charge in [0, 0.05) is 37.9 Å². The first-order chi connectivity index (χ1) is 8.61. The van der Waals surface area contributed by atoms with E-state index in [1.807, 2.05) is 13.0 Å². The number of aryl methyl sites for hydroxylation is 1. The molecule has 18 heavy (non-hydrogen) atoms. The normalized spacial score (nSPS) is 16.9. The van der Waals surface area contributed by atoms with Crippen molar-refractivity contribution in [2.75, 3.05) is 31.1 Å². The molecule has 0 spiro atoms. The van der Waals surface area contributed by atoms with Gasteiger partial charge in [-0.15, -0.1) is 0 Å². The molecular weight excluding hydrogens is 222 g/mol. The maximum Gasteiger partial charge on any atom is 0.0994 e. The summed E-state index contributed by atoms with van der Waals surface area (Å²) in [5.74, 6) is 0. The molecule has 0 aromatic heterocycles. The van der Waals surface area contributed by atoms with Crippen molar-refractivity contribution in [3.05, 3.63) is 29.3 Å². The fraction of sp³-hybridized carbons (Fsp3) is 0.533. The van der Waals surface area contributed by atoms with E-state index in [1.54, 1.807) is 0 Å². The van der Waals surface area contributed by atoms with Crippen molar-refractivity contribution in [1.82, 2.24) is 4.90 Å². The van der Waals surface area contributed by atoms with Crippen molar-refractivity contribution >= 4 is 5.69 Å². The highest BCUT2D eigenvalue weighted by Crippen LogP contribution is 2.20. The number of rotatable bonds is 2. The second kappa shape index (κ2) is 5.41. The molecule has 3 nitrogen and oxygen atoms in total. The first-order valence-electron chi connectivity index (χ1n) is 6.61. The van der Waals surface area contributed by atoms with Gasteiger partial charge in [0.1, 0.15) is 0 Å². The Hall–Kier alpha value is -1.53. The van der Waals surface area contributed by atoms with Crippen molar-refractivity contribution in [1.29, 1.82) is 5.26 Å². The molecular formula is C15H21N3. The predicted octanol–water partition coefficient (Wildman–Crippen LogP) is 2.40. The summed E-state index contributed by atoms with van der Waals surface area (Å²) in [7, 11) is 0. The van der Waals surface area contributed by atoms with Gasteiger partial charge >= 0.3 is 0 Å². The van der Waals surface area contributed by atoms with Crippen LogP contribution in [0.5, 0.6) is 0 Å². The fourth-order valence-electron chi connectivity index (χ4n) is 2.47. The Morgan fingerprint density at radius 3 is 2.33 bits per heavy atom. The second-order valence-electron chi connectivity index (χ2n) is 5.23. The smallest absolute Gasteiger partial charge is 0.0994 e. The SMILES string of the molecule is Cc1cc(N2CCN(C(C)C)CC2)ccc1C#N. The number of nitriles is 1. The van der Waals surface area contributed by atoms with Crippen LogP contribution in [0.1, 0.15) is 25.0 Å². The Morgan fingerprint density at radius 2 is 1.83 bits per heavy atom. The van der Waals surface area contributed by atoms with Crippen LogP contribution in [-0.4, -0.2) is 37.1 Å². The largest absolute Gasteiger partial charge is 0.369 e. The van der Waals surface area contributed by atoms with Crippen LogP contribution in [0.3, 0.4) is 0 Å². The van der Waals surface area contributed by atoms with Gasteiger partial charge in [0.25, 0.3) is 0 Å². The van der Waals surface area contributed by atoms with Crippen LogP contribution < -0.4 is 4.90 Å². The lowest BCUT2D eigenvalue weighted by Gasteiger charge is -2.38. The van der Waals surface area contributed by atoms with Crippen molar-refractivity contribution in [3.8, 4) is 6.07 Å². The van der Waals surface area contributed by atoms with Gasteiger partial charge in [-0.1, -0.05) is 0 Å². The molecule has 3 heteroatoms. The molecule has 0 unspecified atom stereocenters. The average Bonchev–Trinajstić information content (AvgIpc) is 2.38. The number of piperazine rings is 1. The van der Waals surface area contributed by atoms with Crippen molar-refractivity contribution in [2.45, 2.75) is 26.8 Å². The van der Waals surface area contributed by atoms with E-state index in [0.717, 1.165) is 37.3 Å². The lowest BCUT2D eigenvalue weighted by molar-refractivity contribution is 0.209. The Bertz CT molecular complexity index is 451. The predicted molar refractivity (Wildman–Crippen MR) is 74.8 cm³/mol. The van der Waals surface area contributed by atoms with E-state index in [-0.39, 0.29) is 0 Å². The summed E-state index contributed by atoms with van der Waals surface area (Å²) in [4.78, 5) is 4.92. The standard InChI is InChI=1S/C15H21N3/c1-12(2)17-6-8-18(9-7-17)15-5-4-14(11-16)13(3)10-15/h4-5,10,12H,6-9H2,1-3H3. The van der Waals surface area contributed by atoms with Crippen molar-refractivity contribution < 1.29 is 0 Å². The lowest BCUT2D eigenvalue weighted by Crippen LogP contribution is -2.48. The number of anilines is 1. The molecule has 0 saturated carbocycles. The Kier molecular flexibility index (Phi) is 3.88. The van der Waals surface area contributed by atoms with E-state index >= 15 is 0 Å². The monoisotopic (exact) mass is 243 g/mol. The zero-order valence-electron chi connectivity index (χ0n) is 11.5. The maximum absolute atomic E-state index is 8.95. The minimum absolute atomic E-state index is 0.634. The molecule has 1 aromatic rings. The van der Waals surface area contributed by atoms with Gasteiger partial charge in [-0.25, -0.2) is 0 Å². The Morgan fingerprint density at radius 1 is 1.17 bits per heavy atom. The minimum atomic E-state index is 0.634. The molecule has 1 saturated heterocycles. The van der Waals surface area contributed by atoms with Crippen LogP contribution in [0.2, 0.25) is 0 Å². The van der Waals surface area contributed by atoms with Gasteiger partial charge in [-0.05, 0) is 44.5 Å². The van der Waals surface area contributed by atoms with Crippen LogP contribution >= 0.6 is 0 Å². The molecule has 1 aromatic carbocycles. The highest BCUT2D eigenvalue weighted by Gasteiger charge is 2.19. The summed E-state index contributed by atoms with van der Waals surface area (Å²) in [5, 5.41) is 8.95. The average molecular weight is 243 g/mol. The molecule has 0 atom stereocenters. The molecule has 96 valence electrons. The van der Waals surface area contributed by atoms with Gasteiger partial charge in [0.2, 0.25) is 0 Å². The summed E-state index contributed by atoms with van der Waals surface area (Å²) in [5.41, 5.74) is 3.09. The summed E-state index contributed by atoms with van der Waals surface area (Å²) in [6.07, 6.45) is 0. The third kappa shape index (κ3) is 2.65. The highest BCUT2D eigenvalue weighted by molar-refractivity contribution is 5.53. The van der Waals surface area contributed by atoms with Crippen LogP contribution in [-0.2, 0) is 0 Å². The molecule has 1 aliphatic heterocycles. The molecule has 1 fully saturated rings. The van der Waals surface area contributed by atoms with E-state index in [4.69, 9.17) is 5.26 Å². The maximum atomic E-state index is 8.95. The number of benzene rings is 1. The van der Waals surface area contributed by atoms with Gasteiger partial charge in [0.15, 0.2) is 0 Å². The summed E-state index contributed by atoms with van der Waals surface area (Å²) < 4.78 is 0. The molecule has 1 heterocycles. The highest BCUT2D eigenvalue weighted by atomic mass is 15.3. The molecule has 0 N–H and O–H groups in total. The van der Waals surface area contributed by atoms with Crippen LogP contribution in [0.4, 0.5) is 5.69 Å². The van der Waals surface area contributed by atoms with Crippen LogP contribution in [0, 0.1) is 18.3 Å². The third-order valence-corrected chi connectivity index (χ3v) is 3.74. The zero-order valence-corrected chi connectivity index (χ0v) is 11.5. The van der Waals surface area contributed by atoms with Gasteiger partial charge in [-0.2, -0.15) is 5.26 Å². The first-order valence-corrected chi connectivity index (χ1v) is 6.61. The van der Waals surface area contributed by atoms with E-state index < -0.39 is 0 Å². The topological polar surface area (TPSA) is 30.3 Å². The second-order valence-corrected chi connectivity index (χ2v) is 5.23. The Labute approximate surface area is 110 Å². The molecule has 0 aliphatic carbocycles. The van der Waals surface area contributed by atoms with E-state index in [0.29, 0.717) is 6.04 Å². The van der Waals surface area contributed by atoms with E-state index in [1.165, 1.54) is 5.69 Å². The van der Waals surface area contributed by atoms with Crippen molar-refractivity contribution in [2.24, 2.45) is 0 Å². The van der Waals surface area contributed by atoms with Crippen LogP contribution in [0.15, 0.2) is 18.2 Å². The number of nitrogens with zero attached hydrogens (tertiary/aromatic N) is 3. The number of hydrogen-bond donors (Lipinski definition) is 0. The summed E-state index contributed by atoms with van der Waals surface area (Å²) in [6.45, 7) is 10.9. The third-order valence-electron chi connectivity index (χ3n) is 3.74. The zero-order chi connectivity index (χ0) is 13.1. The molecule has 1 aliphatic rings. The van der Waals surface area contributed by atoms with E-state index in [9.17, 15) is 0 Å². The molecule has 0 amide bonds. The van der Waals surface area contributed by atoms with Crippen LogP contribution in [0.25, 0.3) is 0 Å². The van der Waals surface area contributed by atoms with Gasteiger partial charge in [0.05, 0.1) is 11.6 Å². The molecule has 0 bridgehead atoms. The van der Waals surface area contributed by atoms with Crippen molar-refractivity contribution in [3.63, 3.8) is 0 Å². The number of hydrogen-bond acceptors (Lipinski definition) is 3. The first kappa shape index (κ1) is 12.9. The summed E-state index contributed by atoms with van der Waals surface area (Å²) >= 11 is 0. The van der Waals surface area contributed by atoms with Gasteiger partial charge in [-0.3, -0.25) is 4.90 Å². The lowest BCUT2D eigenvalue weighted by atomic mass is 10.1.